The number of hydrogen-bond donors (Lipinski definition) is 0. The van der Waals surface area contributed by atoms with Gasteiger partial charge in [-0.05, 0) is 58.8 Å². The van der Waals surface area contributed by atoms with Crippen molar-refractivity contribution >= 4 is 46.2 Å². The first kappa shape index (κ1) is 18.5. The van der Waals surface area contributed by atoms with Crippen LogP contribution in [0.5, 0.6) is 0 Å². The van der Waals surface area contributed by atoms with Gasteiger partial charge in [0.2, 0.25) is 0 Å². The molecule has 0 atom stereocenters. The molecule has 0 unspecified atom stereocenters. The number of aliphatic imine (C=N–C) groups is 1. The number of rotatable bonds is 3. The average molecular weight is 405 g/mol. The minimum absolute atomic E-state index is 0.0403. The van der Waals surface area contributed by atoms with E-state index < -0.39 is 0 Å². The second-order valence-corrected chi connectivity index (χ2v) is 7.78. The summed E-state index contributed by atoms with van der Waals surface area (Å²) in [4.78, 5) is 19.4. The van der Waals surface area contributed by atoms with E-state index in [1.165, 1.54) is 11.8 Å². The van der Waals surface area contributed by atoms with Gasteiger partial charge < -0.3 is 0 Å². The Hall–Kier alpha value is -2.82. The molecule has 28 heavy (non-hydrogen) atoms. The SMILES string of the molecule is CN1C(=O)/C(=C/c2ccc(-c3ccc(Cl)cc3)cc2)SC1=Nc1ccccc1. The van der Waals surface area contributed by atoms with Crippen LogP contribution in [0, 0.1) is 0 Å². The predicted octanol–water partition coefficient (Wildman–Crippen LogP) is 6.24. The molecule has 0 radical (unpaired) electrons. The number of halogens is 1. The van der Waals surface area contributed by atoms with Gasteiger partial charge in [0, 0.05) is 12.1 Å². The molecule has 1 saturated heterocycles. The van der Waals surface area contributed by atoms with Gasteiger partial charge in [-0.15, -0.1) is 0 Å². The number of hydrogen-bond acceptors (Lipinski definition) is 3. The molecule has 0 bridgehead atoms. The van der Waals surface area contributed by atoms with Gasteiger partial charge in [0.05, 0.1) is 10.6 Å². The van der Waals surface area contributed by atoms with E-state index in [1.807, 2.05) is 84.9 Å². The summed E-state index contributed by atoms with van der Waals surface area (Å²) >= 11 is 7.34. The van der Waals surface area contributed by atoms with Crippen molar-refractivity contribution in [2.24, 2.45) is 4.99 Å². The second-order valence-electron chi connectivity index (χ2n) is 6.33. The van der Waals surface area contributed by atoms with Crippen LogP contribution in [0.2, 0.25) is 5.02 Å². The molecule has 0 spiro atoms. The first-order valence-corrected chi connectivity index (χ1v) is 9.97. The average Bonchev–Trinajstić information content (AvgIpc) is 2.98. The number of carbonyl (C=O) groups is 1. The van der Waals surface area contributed by atoms with E-state index in [0.29, 0.717) is 10.1 Å². The molecule has 0 aliphatic carbocycles. The predicted molar refractivity (Wildman–Crippen MR) is 119 cm³/mol. The molecular weight excluding hydrogens is 388 g/mol. The third-order valence-corrected chi connectivity index (χ3v) is 5.68. The summed E-state index contributed by atoms with van der Waals surface area (Å²) in [5, 5.41) is 1.40. The van der Waals surface area contributed by atoms with E-state index in [2.05, 4.69) is 4.99 Å². The summed E-state index contributed by atoms with van der Waals surface area (Å²) in [6.45, 7) is 0. The molecule has 3 aromatic rings. The largest absolute Gasteiger partial charge is 0.290 e. The Balaban J connectivity index is 1.56. The van der Waals surface area contributed by atoms with Crippen LogP contribution >= 0.6 is 23.4 Å². The molecule has 1 aliphatic heterocycles. The number of amides is 1. The molecule has 0 aromatic heterocycles. The Morgan fingerprint density at radius 1 is 0.893 bits per heavy atom. The van der Waals surface area contributed by atoms with Crippen LogP contribution in [-0.4, -0.2) is 23.0 Å². The van der Waals surface area contributed by atoms with Crippen molar-refractivity contribution in [2.45, 2.75) is 0 Å². The summed E-state index contributed by atoms with van der Waals surface area (Å²) < 4.78 is 0. The smallest absolute Gasteiger partial charge is 0.266 e. The maximum Gasteiger partial charge on any atom is 0.266 e. The number of para-hydroxylation sites is 1. The molecule has 0 N–H and O–H groups in total. The minimum atomic E-state index is -0.0403. The summed E-state index contributed by atoms with van der Waals surface area (Å²) in [7, 11) is 1.75. The number of benzene rings is 3. The van der Waals surface area contributed by atoms with E-state index in [-0.39, 0.29) is 5.91 Å². The fourth-order valence-electron chi connectivity index (χ4n) is 2.83. The number of likely N-dealkylation sites (N-methyl/N-ethyl adjacent to an activating group) is 1. The van der Waals surface area contributed by atoms with Crippen molar-refractivity contribution in [3.63, 3.8) is 0 Å². The van der Waals surface area contributed by atoms with Crippen molar-refractivity contribution in [1.82, 2.24) is 4.90 Å². The lowest BCUT2D eigenvalue weighted by Crippen LogP contribution is -2.23. The fraction of sp³-hybridized carbons (Fsp3) is 0.0435. The number of carbonyl (C=O) groups excluding carboxylic acids is 1. The van der Waals surface area contributed by atoms with Gasteiger partial charge in [-0.3, -0.25) is 9.69 Å². The molecule has 1 aliphatic rings. The van der Waals surface area contributed by atoms with Gasteiger partial charge in [-0.25, -0.2) is 4.99 Å². The monoisotopic (exact) mass is 404 g/mol. The van der Waals surface area contributed by atoms with Crippen LogP contribution in [0.25, 0.3) is 17.2 Å². The summed E-state index contributed by atoms with van der Waals surface area (Å²) in [6.07, 6.45) is 1.91. The molecule has 1 heterocycles. The molecule has 1 amide bonds. The van der Waals surface area contributed by atoms with Crippen molar-refractivity contribution < 1.29 is 4.79 Å². The molecule has 5 heteroatoms. The zero-order valence-electron chi connectivity index (χ0n) is 15.2. The lowest BCUT2D eigenvalue weighted by molar-refractivity contribution is -0.121. The van der Waals surface area contributed by atoms with Crippen molar-refractivity contribution in [3.05, 3.63) is 94.4 Å². The molecule has 4 rings (SSSR count). The van der Waals surface area contributed by atoms with E-state index in [0.717, 1.165) is 27.4 Å². The van der Waals surface area contributed by atoms with E-state index >= 15 is 0 Å². The van der Waals surface area contributed by atoms with E-state index in [4.69, 9.17) is 11.6 Å². The molecule has 138 valence electrons. The number of thioether (sulfide) groups is 1. The highest BCUT2D eigenvalue weighted by atomic mass is 35.5. The first-order chi connectivity index (χ1) is 13.6. The Bertz CT molecular complexity index is 1060. The Morgan fingerprint density at radius 2 is 1.50 bits per heavy atom. The van der Waals surface area contributed by atoms with Crippen molar-refractivity contribution in [1.29, 1.82) is 0 Å². The van der Waals surface area contributed by atoms with E-state index in [9.17, 15) is 4.79 Å². The maximum atomic E-state index is 12.6. The number of amidine groups is 1. The molecule has 0 saturated carbocycles. The zero-order chi connectivity index (χ0) is 19.5. The first-order valence-electron chi connectivity index (χ1n) is 8.77. The van der Waals surface area contributed by atoms with Gasteiger partial charge in [0.15, 0.2) is 5.17 Å². The standard InChI is InChI=1S/C23H17ClN2OS/c1-26-22(27)21(28-23(26)25-20-5-3-2-4-6-20)15-16-7-9-17(10-8-16)18-11-13-19(24)14-12-18/h2-15H,1H3/b21-15-,25-23?. The van der Waals surface area contributed by atoms with Crippen molar-refractivity contribution in [3.8, 4) is 11.1 Å². The minimum Gasteiger partial charge on any atom is -0.290 e. The summed E-state index contributed by atoms with van der Waals surface area (Å²) in [5.41, 5.74) is 4.01. The highest BCUT2D eigenvalue weighted by Gasteiger charge is 2.30. The highest BCUT2D eigenvalue weighted by molar-refractivity contribution is 8.18. The molecular formula is C23H17ClN2OS. The van der Waals surface area contributed by atoms with Crippen LogP contribution in [-0.2, 0) is 4.79 Å². The van der Waals surface area contributed by atoms with Gasteiger partial charge in [-0.1, -0.05) is 66.2 Å². The van der Waals surface area contributed by atoms with Gasteiger partial charge >= 0.3 is 0 Å². The molecule has 3 aromatic carbocycles. The van der Waals surface area contributed by atoms with Crippen LogP contribution in [0.15, 0.2) is 88.8 Å². The molecule has 1 fully saturated rings. The van der Waals surface area contributed by atoms with Crippen LogP contribution in [0.1, 0.15) is 5.56 Å². The third kappa shape index (κ3) is 4.03. The summed E-state index contributed by atoms with van der Waals surface area (Å²) in [6, 6.07) is 25.5. The third-order valence-electron chi connectivity index (χ3n) is 4.37. The van der Waals surface area contributed by atoms with Gasteiger partial charge in [0.1, 0.15) is 0 Å². The Morgan fingerprint density at radius 3 is 2.14 bits per heavy atom. The zero-order valence-corrected chi connectivity index (χ0v) is 16.7. The van der Waals surface area contributed by atoms with Crippen LogP contribution in [0.3, 0.4) is 0 Å². The quantitative estimate of drug-likeness (QED) is 0.484. The lowest BCUT2D eigenvalue weighted by atomic mass is 10.0. The normalized spacial score (nSPS) is 16.9. The van der Waals surface area contributed by atoms with E-state index in [1.54, 1.807) is 11.9 Å². The lowest BCUT2D eigenvalue weighted by Gasteiger charge is -2.06. The topological polar surface area (TPSA) is 32.7 Å². The molecule has 3 nitrogen and oxygen atoms in total. The van der Waals surface area contributed by atoms with Crippen LogP contribution < -0.4 is 0 Å². The van der Waals surface area contributed by atoms with Crippen molar-refractivity contribution in [2.75, 3.05) is 7.05 Å². The maximum absolute atomic E-state index is 12.6. The highest BCUT2D eigenvalue weighted by Crippen LogP contribution is 2.33. The number of nitrogens with zero attached hydrogens (tertiary/aromatic N) is 2. The second kappa shape index (κ2) is 8.05. The Labute approximate surface area is 173 Å². The fourth-order valence-corrected chi connectivity index (χ4v) is 3.94. The van der Waals surface area contributed by atoms with Crippen LogP contribution in [0.4, 0.5) is 5.69 Å². The summed E-state index contributed by atoms with van der Waals surface area (Å²) in [5.74, 6) is -0.0403. The van der Waals surface area contributed by atoms with Gasteiger partial charge in [0.25, 0.3) is 5.91 Å². The Kier molecular flexibility index (Phi) is 5.33. The van der Waals surface area contributed by atoms with Gasteiger partial charge in [-0.2, -0.15) is 0 Å².